The van der Waals surface area contributed by atoms with Crippen molar-refractivity contribution in [2.45, 2.75) is 35.2 Å². The van der Waals surface area contributed by atoms with Gasteiger partial charge in [0.1, 0.15) is 0 Å². The minimum atomic E-state index is -1.26. The predicted molar refractivity (Wildman–Crippen MR) is 114 cm³/mol. The summed E-state index contributed by atoms with van der Waals surface area (Å²) in [5.41, 5.74) is 2.57. The van der Waals surface area contributed by atoms with Gasteiger partial charge in [0.2, 0.25) is 0 Å². The van der Waals surface area contributed by atoms with Gasteiger partial charge < -0.3 is 10.2 Å². The van der Waals surface area contributed by atoms with Crippen LogP contribution in [0.15, 0.2) is 64.4 Å². The highest BCUT2D eigenvalue weighted by atomic mass is 35.5. The van der Waals surface area contributed by atoms with E-state index in [1.54, 1.807) is 11.8 Å². The number of terminal acetylenes is 1. The Morgan fingerprint density at radius 1 is 1.21 bits per heavy atom. The van der Waals surface area contributed by atoms with Crippen molar-refractivity contribution in [3.8, 4) is 12.3 Å². The molecule has 0 saturated heterocycles. The average molecular weight is 430 g/mol. The summed E-state index contributed by atoms with van der Waals surface area (Å²) in [7, 11) is 0. The van der Waals surface area contributed by atoms with E-state index in [0.29, 0.717) is 12.2 Å². The second kappa shape index (κ2) is 10.7. The Kier molecular flexibility index (Phi) is 8.34. The number of benzene rings is 2. The molecule has 0 spiro atoms. The molecule has 0 radical (unpaired) electrons. The summed E-state index contributed by atoms with van der Waals surface area (Å²) in [6.45, 7) is 2.01. The van der Waals surface area contributed by atoms with Crippen molar-refractivity contribution in [3.05, 3.63) is 70.8 Å². The summed E-state index contributed by atoms with van der Waals surface area (Å²) in [6.07, 6.45) is 7.56. The fraction of sp³-hybridized carbons (Fsp3) is 0.182. The minimum Gasteiger partial charge on any atom is -0.478 e. The third-order valence-electron chi connectivity index (χ3n) is 4.03. The Labute approximate surface area is 178 Å². The summed E-state index contributed by atoms with van der Waals surface area (Å²) in [6, 6.07) is 14.8. The van der Waals surface area contributed by atoms with Crippen LogP contribution < -0.4 is 5.32 Å². The van der Waals surface area contributed by atoms with E-state index >= 15 is 0 Å². The third kappa shape index (κ3) is 6.99. The van der Waals surface area contributed by atoms with Gasteiger partial charge in [-0.1, -0.05) is 47.5 Å². The molecule has 1 heterocycles. The molecule has 1 aliphatic rings. The van der Waals surface area contributed by atoms with Gasteiger partial charge in [0.15, 0.2) is 0 Å². The van der Waals surface area contributed by atoms with E-state index in [2.05, 4.69) is 47.6 Å². The molecule has 0 bridgehead atoms. The van der Waals surface area contributed by atoms with Gasteiger partial charge >= 0.3 is 11.9 Å². The molecule has 0 saturated carbocycles. The molecule has 2 unspecified atom stereocenters. The summed E-state index contributed by atoms with van der Waals surface area (Å²) < 4.78 is 0. The van der Waals surface area contributed by atoms with Gasteiger partial charge in [-0.3, -0.25) is 5.32 Å². The van der Waals surface area contributed by atoms with Crippen molar-refractivity contribution in [3.63, 3.8) is 0 Å². The number of hydrogen-bond donors (Lipinski definition) is 3. The van der Waals surface area contributed by atoms with E-state index in [-0.39, 0.29) is 12.1 Å². The third-order valence-corrected chi connectivity index (χ3v) is 5.48. The Bertz CT molecular complexity index is 952. The molecule has 0 amide bonds. The van der Waals surface area contributed by atoms with Gasteiger partial charge in [-0.2, -0.15) is 0 Å². The molecule has 7 heteroatoms. The fourth-order valence-electron chi connectivity index (χ4n) is 2.75. The zero-order valence-electron chi connectivity index (χ0n) is 15.6. The number of carbonyl (C=O) groups is 2. The lowest BCUT2D eigenvalue weighted by Gasteiger charge is -2.21. The first-order valence-corrected chi connectivity index (χ1v) is 9.91. The van der Waals surface area contributed by atoms with E-state index in [1.807, 2.05) is 13.0 Å². The van der Waals surface area contributed by atoms with Crippen LogP contribution in [0.3, 0.4) is 0 Å². The molecule has 0 fully saturated rings. The highest BCUT2D eigenvalue weighted by Gasteiger charge is 2.23. The van der Waals surface area contributed by atoms with Gasteiger partial charge in [0.25, 0.3) is 0 Å². The van der Waals surface area contributed by atoms with E-state index in [4.69, 9.17) is 28.2 Å². The normalized spacial score (nSPS) is 15.7. The lowest BCUT2D eigenvalue weighted by Crippen LogP contribution is -2.30. The van der Waals surface area contributed by atoms with Crippen LogP contribution in [-0.4, -0.2) is 28.2 Å². The van der Waals surface area contributed by atoms with Crippen molar-refractivity contribution >= 4 is 35.3 Å². The number of carboxylic acid groups (broad SMARTS) is 2. The Morgan fingerprint density at radius 3 is 2.48 bits per heavy atom. The van der Waals surface area contributed by atoms with Gasteiger partial charge in [0.05, 0.1) is 6.04 Å². The highest BCUT2D eigenvalue weighted by molar-refractivity contribution is 7.99. The van der Waals surface area contributed by atoms with Gasteiger partial charge in [-0.15, -0.1) is 6.42 Å². The van der Waals surface area contributed by atoms with E-state index in [9.17, 15) is 9.59 Å². The lowest BCUT2D eigenvalue weighted by atomic mass is 9.98. The number of nitrogens with one attached hydrogen (secondary N) is 1. The number of aliphatic carboxylic acids is 2. The van der Waals surface area contributed by atoms with Crippen LogP contribution in [0.4, 0.5) is 0 Å². The maximum atomic E-state index is 9.55. The Morgan fingerprint density at radius 2 is 1.86 bits per heavy atom. The summed E-state index contributed by atoms with van der Waals surface area (Å²) in [4.78, 5) is 21.7. The van der Waals surface area contributed by atoms with E-state index < -0.39 is 11.9 Å². The first-order chi connectivity index (χ1) is 13.8. The predicted octanol–water partition coefficient (Wildman–Crippen LogP) is 4.41. The molecule has 29 heavy (non-hydrogen) atoms. The number of fused-ring (bicyclic) bond motifs is 2. The quantitative estimate of drug-likeness (QED) is 0.493. The highest BCUT2D eigenvalue weighted by Crippen LogP contribution is 2.41. The van der Waals surface area contributed by atoms with Crippen molar-refractivity contribution < 1.29 is 19.8 Å². The number of rotatable bonds is 4. The van der Waals surface area contributed by atoms with Gasteiger partial charge in [0, 0.05) is 33.0 Å². The smallest absolute Gasteiger partial charge is 0.328 e. The Balaban J connectivity index is 0.000000321. The van der Waals surface area contributed by atoms with Crippen molar-refractivity contribution in [1.82, 2.24) is 5.32 Å². The van der Waals surface area contributed by atoms with Gasteiger partial charge in [-0.25, -0.2) is 9.59 Å². The lowest BCUT2D eigenvalue weighted by molar-refractivity contribution is -0.134. The molecular weight excluding hydrogens is 410 g/mol. The van der Waals surface area contributed by atoms with E-state index in [0.717, 1.165) is 11.4 Å². The molecule has 150 valence electrons. The Hall–Kier alpha value is -2.72. The maximum absolute atomic E-state index is 9.55. The number of carboxylic acids is 2. The molecule has 5 nitrogen and oxygen atoms in total. The average Bonchev–Trinajstić information content (AvgIpc) is 2.83. The SMILES string of the molecule is C#CC(C)NC1Cc2ccccc2Sc2ccc(Cl)cc21.O=C(O)/C=C\C(=O)O. The molecule has 3 rings (SSSR count). The first kappa shape index (κ1) is 22.6. The topological polar surface area (TPSA) is 86.6 Å². The number of hydrogen-bond acceptors (Lipinski definition) is 4. The first-order valence-electron chi connectivity index (χ1n) is 8.71. The standard InChI is InChI=1S/C18H16ClNS.C4H4O4/c1-3-12(2)20-16-10-13-6-4-5-7-17(13)21-18-9-8-14(19)11-15(16)18;5-3(6)1-2-4(7)8/h1,4-9,11-12,16,20H,10H2,2H3;1-2H,(H,5,6)(H,7,8)/b;2-1-. The molecule has 0 aromatic heterocycles. The molecule has 2 atom stereocenters. The van der Waals surface area contributed by atoms with Crippen molar-refractivity contribution in [1.29, 1.82) is 0 Å². The molecule has 2 aromatic carbocycles. The van der Waals surface area contributed by atoms with Crippen LogP contribution in [-0.2, 0) is 16.0 Å². The zero-order chi connectivity index (χ0) is 21.4. The second-order valence-corrected chi connectivity index (χ2v) is 7.73. The van der Waals surface area contributed by atoms with Crippen LogP contribution in [0.1, 0.15) is 24.1 Å². The largest absolute Gasteiger partial charge is 0.478 e. The molecule has 2 aromatic rings. The van der Waals surface area contributed by atoms with Crippen LogP contribution in [0.2, 0.25) is 5.02 Å². The molecule has 0 aliphatic carbocycles. The van der Waals surface area contributed by atoms with Crippen LogP contribution in [0.25, 0.3) is 0 Å². The van der Waals surface area contributed by atoms with Crippen LogP contribution in [0.5, 0.6) is 0 Å². The molecule has 1 aliphatic heterocycles. The number of halogens is 1. The van der Waals surface area contributed by atoms with Gasteiger partial charge in [-0.05, 0) is 48.7 Å². The maximum Gasteiger partial charge on any atom is 0.328 e. The summed E-state index contributed by atoms with van der Waals surface area (Å²) >= 11 is 8.00. The second-order valence-electron chi connectivity index (χ2n) is 6.21. The zero-order valence-corrected chi connectivity index (χ0v) is 17.2. The van der Waals surface area contributed by atoms with Crippen molar-refractivity contribution in [2.75, 3.05) is 0 Å². The molecule has 3 N–H and O–H groups in total. The summed E-state index contributed by atoms with van der Waals surface area (Å²) in [5.74, 6) is 0.237. The molecular formula is C22H20ClNO4S. The van der Waals surface area contributed by atoms with Crippen LogP contribution >= 0.6 is 23.4 Å². The fourth-order valence-corrected chi connectivity index (χ4v) is 4.05. The minimum absolute atomic E-state index is 0.0251. The van der Waals surface area contributed by atoms with Crippen molar-refractivity contribution in [2.24, 2.45) is 0 Å². The monoisotopic (exact) mass is 429 g/mol. The summed E-state index contributed by atoms with van der Waals surface area (Å²) in [5, 5.41) is 19.9. The van der Waals surface area contributed by atoms with Crippen LogP contribution in [0, 0.1) is 12.3 Å². The van der Waals surface area contributed by atoms with E-state index in [1.165, 1.54) is 20.9 Å².